The number of amides is 1. The van der Waals surface area contributed by atoms with Crippen LogP contribution >= 0.6 is 23.1 Å². The van der Waals surface area contributed by atoms with E-state index in [1.54, 1.807) is 11.3 Å². The molecule has 0 saturated heterocycles. The van der Waals surface area contributed by atoms with Gasteiger partial charge in [-0.1, -0.05) is 42.1 Å². The van der Waals surface area contributed by atoms with E-state index in [0.29, 0.717) is 0 Å². The van der Waals surface area contributed by atoms with Gasteiger partial charge >= 0.3 is 5.97 Å². The summed E-state index contributed by atoms with van der Waals surface area (Å²) in [6.45, 7) is 4.05. The van der Waals surface area contributed by atoms with Gasteiger partial charge in [0.1, 0.15) is 22.2 Å². The van der Waals surface area contributed by atoms with E-state index in [-0.39, 0.29) is 18.1 Å². The minimum Gasteiger partial charge on any atom is -0.480 e. The number of carboxylic acids is 1. The van der Waals surface area contributed by atoms with Crippen molar-refractivity contribution in [2.45, 2.75) is 31.3 Å². The molecule has 3 aromatic rings. The van der Waals surface area contributed by atoms with Gasteiger partial charge in [-0.2, -0.15) is 0 Å². The van der Waals surface area contributed by atoms with Gasteiger partial charge < -0.3 is 10.4 Å². The number of rotatable bonds is 7. The first kappa shape index (κ1) is 19.3. The number of carbonyl (C=O) groups excluding carboxylic acids is 1. The van der Waals surface area contributed by atoms with Gasteiger partial charge in [-0.15, -0.1) is 11.3 Å². The fraction of sp³-hybridized carbons (Fsp3) is 0.263. The number of carbonyl (C=O) groups is 2. The fourth-order valence-corrected chi connectivity index (χ4v) is 4.61. The van der Waals surface area contributed by atoms with Crippen molar-refractivity contribution in [2.75, 3.05) is 5.75 Å². The standard InChI is InChI=1S/C19H19N3O3S2/c1-11-12(2)27-18-16(11)17(20-10-21-18)26-9-15(23)22-14(19(24)25)8-13-6-4-3-5-7-13/h3-7,10,14H,8-9H2,1-2H3,(H,22,23)(H,24,25). The van der Waals surface area contributed by atoms with E-state index < -0.39 is 12.0 Å². The molecule has 1 aromatic carbocycles. The summed E-state index contributed by atoms with van der Waals surface area (Å²) in [5, 5.41) is 13.7. The molecule has 0 radical (unpaired) electrons. The number of aliphatic carboxylic acids is 1. The highest BCUT2D eigenvalue weighted by Gasteiger charge is 2.21. The number of hydrogen-bond acceptors (Lipinski definition) is 6. The number of fused-ring (bicyclic) bond motifs is 1. The second-order valence-electron chi connectivity index (χ2n) is 6.08. The van der Waals surface area contributed by atoms with Crippen molar-refractivity contribution in [3.8, 4) is 0 Å². The molecule has 2 aromatic heterocycles. The van der Waals surface area contributed by atoms with Crippen LogP contribution in [-0.4, -0.2) is 38.7 Å². The Labute approximate surface area is 165 Å². The first-order chi connectivity index (χ1) is 13.0. The van der Waals surface area contributed by atoms with Gasteiger partial charge in [-0.25, -0.2) is 14.8 Å². The summed E-state index contributed by atoms with van der Waals surface area (Å²) < 4.78 is 0. The molecule has 8 heteroatoms. The molecule has 3 rings (SSSR count). The maximum absolute atomic E-state index is 12.3. The summed E-state index contributed by atoms with van der Waals surface area (Å²) in [5.41, 5.74) is 1.98. The van der Waals surface area contributed by atoms with Crippen LogP contribution in [-0.2, 0) is 16.0 Å². The quantitative estimate of drug-likeness (QED) is 0.467. The van der Waals surface area contributed by atoms with E-state index in [1.807, 2.05) is 44.2 Å². The molecule has 27 heavy (non-hydrogen) atoms. The van der Waals surface area contributed by atoms with Crippen molar-refractivity contribution >= 4 is 45.2 Å². The Morgan fingerprint density at radius 1 is 1.22 bits per heavy atom. The zero-order valence-corrected chi connectivity index (χ0v) is 16.6. The third-order valence-corrected chi connectivity index (χ3v) is 6.29. The third kappa shape index (κ3) is 4.64. The molecular weight excluding hydrogens is 382 g/mol. The summed E-state index contributed by atoms with van der Waals surface area (Å²) >= 11 is 2.90. The molecule has 0 aliphatic heterocycles. The number of nitrogens with zero attached hydrogens (tertiary/aromatic N) is 2. The first-order valence-electron chi connectivity index (χ1n) is 8.35. The molecule has 0 fully saturated rings. The number of nitrogens with one attached hydrogen (secondary N) is 1. The second kappa shape index (κ2) is 8.49. The fourth-order valence-electron chi connectivity index (χ4n) is 2.68. The summed E-state index contributed by atoms with van der Waals surface area (Å²) in [7, 11) is 0. The van der Waals surface area contributed by atoms with Crippen LogP contribution in [0.2, 0.25) is 0 Å². The van der Waals surface area contributed by atoms with Crippen LogP contribution in [0.4, 0.5) is 0 Å². The van der Waals surface area contributed by atoms with Gasteiger partial charge in [0.2, 0.25) is 5.91 Å². The molecule has 6 nitrogen and oxygen atoms in total. The van der Waals surface area contributed by atoms with Crippen LogP contribution < -0.4 is 5.32 Å². The predicted molar refractivity (Wildman–Crippen MR) is 107 cm³/mol. The smallest absolute Gasteiger partial charge is 0.326 e. The van der Waals surface area contributed by atoms with E-state index in [4.69, 9.17) is 0 Å². The Hall–Kier alpha value is -2.45. The number of aryl methyl sites for hydroxylation is 2. The molecule has 2 heterocycles. The largest absolute Gasteiger partial charge is 0.480 e. The molecule has 1 amide bonds. The van der Waals surface area contributed by atoms with Gasteiger partial charge in [0.15, 0.2) is 0 Å². The number of aromatic nitrogens is 2. The minimum absolute atomic E-state index is 0.0962. The number of thiophene rings is 1. The zero-order valence-electron chi connectivity index (χ0n) is 14.9. The Balaban J connectivity index is 1.66. The molecule has 0 aliphatic rings. The molecular formula is C19H19N3O3S2. The topological polar surface area (TPSA) is 92.2 Å². The lowest BCUT2D eigenvalue weighted by molar-refractivity contribution is -0.141. The summed E-state index contributed by atoms with van der Waals surface area (Å²) in [5.74, 6) is -1.29. The van der Waals surface area contributed by atoms with Crippen LogP contribution in [0.5, 0.6) is 0 Å². The normalized spacial score (nSPS) is 12.1. The lowest BCUT2D eigenvalue weighted by Gasteiger charge is -2.14. The van der Waals surface area contributed by atoms with Crippen LogP contribution in [0.15, 0.2) is 41.7 Å². The molecule has 2 N–H and O–H groups in total. The molecule has 0 aliphatic carbocycles. The SMILES string of the molecule is Cc1sc2ncnc(SCC(=O)NC(Cc3ccccc3)C(=O)O)c2c1C. The van der Waals surface area contributed by atoms with E-state index in [0.717, 1.165) is 26.4 Å². The van der Waals surface area contributed by atoms with Crippen LogP contribution in [0.3, 0.4) is 0 Å². The monoisotopic (exact) mass is 401 g/mol. The first-order valence-corrected chi connectivity index (χ1v) is 10.2. The van der Waals surface area contributed by atoms with Crippen molar-refractivity contribution in [3.63, 3.8) is 0 Å². The van der Waals surface area contributed by atoms with Crippen LogP contribution in [0.1, 0.15) is 16.0 Å². The average molecular weight is 402 g/mol. The lowest BCUT2D eigenvalue weighted by Crippen LogP contribution is -2.43. The van der Waals surface area contributed by atoms with Crippen LogP contribution in [0.25, 0.3) is 10.2 Å². The minimum atomic E-state index is -1.05. The molecule has 1 atom stereocenters. The lowest BCUT2D eigenvalue weighted by atomic mass is 10.1. The van der Waals surface area contributed by atoms with Crippen molar-refractivity contribution < 1.29 is 14.7 Å². The summed E-state index contributed by atoms with van der Waals surface area (Å²) in [6, 6.07) is 8.28. The molecule has 0 spiro atoms. The second-order valence-corrected chi connectivity index (χ2v) is 8.25. The molecule has 0 saturated carbocycles. The Bertz CT molecular complexity index is 973. The van der Waals surface area contributed by atoms with Gasteiger partial charge in [0.25, 0.3) is 0 Å². The Kier molecular flexibility index (Phi) is 6.08. The van der Waals surface area contributed by atoms with E-state index in [9.17, 15) is 14.7 Å². The summed E-state index contributed by atoms with van der Waals surface area (Å²) in [4.78, 5) is 34.5. The van der Waals surface area contributed by atoms with Gasteiger partial charge in [-0.3, -0.25) is 4.79 Å². The van der Waals surface area contributed by atoms with E-state index in [2.05, 4.69) is 15.3 Å². The van der Waals surface area contributed by atoms with Crippen molar-refractivity contribution in [1.82, 2.24) is 15.3 Å². The Morgan fingerprint density at radius 3 is 2.67 bits per heavy atom. The number of thioether (sulfide) groups is 1. The predicted octanol–water partition coefficient (Wildman–Crippen LogP) is 3.21. The number of carboxylic acid groups (broad SMARTS) is 1. The van der Waals surface area contributed by atoms with Crippen molar-refractivity contribution in [2.24, 2.45) is 0 Å². The highest BCUT2D eigenvalue weighted by Crippen LogP contribution is 2.34. The van der Waals surface area contributed by atoms with Gasteiger partial charge in [0.05, 0.1) is 5.75 Å². The van der Waals surface area contributed by atoms with E-state index in [1.165, 1.54) is 23.0 Å². The zero-order chi connectivity index (χ0) is 19.4. The van der Waals surface area contributed by atoms with Crippen molar-refractivity contribution in [1.29, 1.82) is 0 Å². The number of hydrogen-bond donors (Lipinski definition) is 2. The number of benzene rings is 1. The molecule has 1 unspecified atom stereocenters. The highest BCUT2D eigenvalue weighted by atomic mass is 32.2. The molecule has 140 valence electrons. The van der Waals surface area contributed by atoms with Crippen molar-refractivity contribution in [3.05, 3.63) is 52.7 Å². The third-order valence-electron chi connectivity index (χ3n) is 4.19. The van der Waals surface area contributed by atoms with E-state index >= 15 is 0 Å². The maximum Gasteiger partial charge on any atom is 0.326 e. The molecule has 0 bridgehead atoms. The average Bonchev–Trinajstić information content (AvgIpc) is 2.95. The van der Waals surface area contributed by atoms with Gasteiger partial charge in [0, 0.05) is 16.7 Å². The van der Waals surface area contributed by atoms with Crippen LogP contribution in [0, 0.1) is 13.8 Å². The highest BCUT2D eigenvalue weighted by molar-refractivity contribution is 8.00. The van der Waals surface area contributed by atoms with Gasteiger partial charge in [-0.05, 0) is 25.0 Å². The maximum atomic E-state index is 12.3. The Morgan fingerprint density at radius 2 is 1.96 bits per heavy atom. The summed E-state index contributed by atoms with van der Waals surface area (Å²) in [6.07, 6.45) is 1.74.